The van der Waals surface area contributed by atoms with Crippen LogP contribution >= 0.6 is 0 Å². The predicted octanol–water partition coefficient (Wildman–Crippen LogP) is 2.06. The molecule has 120 valence electrons. The summed E-state index contributed by atoms with van der Waals surface area (Å²) in [6, 6.07) is -1.16. The maximum atomic E-state index is 12.0. The Morgan fingerprint density at radius 2 is 1.86 bits per heavy atom. The molecule has 7 heteroatoms. The molecule has 0 saturated carbocycles. The largest absolute Gasteiger partial charge is 0.461 e. The van der Waals surface area contributed by atoms with Gasteiger partial charge in [0.1, 0.15) is 5.60 Å². The van der Waals surface area contributed by atoms with Gasteiger partial charge in [-0.2, -0.15) is 10.2 Å². The van der Waals surface area contributed by atoms with E-state index in [4.69, 9.17) is 19.5 Å². The number of esters is 1. The lowest BCUT2D eigenvalue weighted by Gasteiger charge is -2.27. The zero-order chi connectivity index (χ0) is 16.6. The SMILES string of the molecule is CCOC[C@@H](C(=O)OC(C)C)N(C#N)C(=O)OC(C)(C)C. The topological polar surface area (TPSA) is 88.9 Å². The number of carbonyl (C=O) groups is 2. The van der Waals surface area contributed by atoms with Gasteiger partial charge in [-0.3, -0.25) is 0 Å². The van der Waals surface area contributed by atoms with Gasteiger partial charge in [-0.25, -0.2) is 9.59 Å². The van der Waals surface area contributed by atoms with Crippen LogP contribution in [-0.4, -0.2) is 47.9 Å². The van der Waals surface area contributed by atoms with Gasteiger partial charge in [0.05, 0.1) is 12.7 Å². The van der Waals surface area contributed by atoms with E-state index < -0.39 is 23.7 Å². The first kappa shape index (κ1) is 19.2. The van der Waals surface area contributed by atoms with Crippen molar-refractivity contribution in [3.05, 3.63) is 0 Å². The molecular weight excluding hydrogens is 276 g/mol. The fourth-order valence-electron chi connectivity index (χ4n) is 1.34. The average molecular weight is 300 g/mol. The Morgan fingerprint density at radius 3 is 2.24 bits per heavy atom. The van der Waals surface area contributed by atoms with Crippen molar-refractivity contribution >= 4 is 12.1 Å². The van der Waals surface area contributed by atoms with E-state index in [-0.39, 0.29) is 12.7 Å². The lowest BCUT2D eigenvalue weighted by Crippen LogP contribution is -2.48. The molecule has 0 unspecified atom stereocenters. The highest BCUT2D eigenvalue weighted by Gasteiger charge is 2.35. The number of nitrogens with zero attached hydrogens (tertiary/aromatic N) is 2. The van der Waals surface area contributed by atoms with Gasteiger partial charge in [0.2, 0.25) is 0 Å². The average Bonchev–Trinajstić information content (AvgIpc) is 2.30. The molecular formula is C14H24N2O5. The van der Waals surface area contributed by atoms with E-state index >= 15 is 0 Å². The molecule has 0 N–H and O–H groups in total. The van der Waals surface area contributed by atoms with Gasteiger partial charge in [-0.05, 0) is 41.5 Å². The molecule has 0 heterocycles. The van der Waals surface area contributed by atoms with Crippen molar-refractivity contribution in [3.63, 3.8) is 0 Å². The molecule has 0 radical (unpaired) electrons. The summed E-state index contributed by atoms with van der Waals surface area (Å²) in [7, 11) is 0. The molecule has 0 rings (SSSR count). The van der Waals surface area contributed by atoms with Gasteiger partial charge in [0.25, 0.3) is 0 Å². The molecule has 0 aromatic carbocycles. The highest BCUT2D eigenvalue weighted by Crippen LogP contribution is 2.13. The maximum absolute atomic E-state index is 12.0. The van der Waals surface area contributed by atoms with Crippen LogP contribution in [-0.2, 0) is 19.0 Å². The summed E-state index contributed by atoms with van der Waals surface area (Å²) in [6.45, 7) is 10.3. The Kier molecular flexibility index (Phi) is 7.74. The number of rotatable bonds is 6. The molecule has 0 aromatic rings. The van der Waals surface area contributed by atoms with Gasteiger partial charge in [0.15, 0.2) is 12.2 Å². The van der Waals surface area contributed by atoms with Crippen LogP contribution in [0.15, 0.2) is 0 Å². The molecule has 0 aliphatic rings. The minimum absolute atomic E-state index is 0.130. The molecule has 0 saturated heterocycles. The Bertz CT molecular complexity index is 395. The normalized spacial score (nSPS) is 12.5. The summed E-state index contributed by atoms with van der Waals surface area (Å²) in [5.41, 5.74) is -0.774. The molecule has 7 nitrogen and oxygen atoms in total. The van der Waals surface area contributed by atoms with Crippen LogP contribution in [0.5, 0.6) is 0 Å². The summed E-state index contributed by atoms with van der Waals surface area (Å²) in [5, 5.41) is 9.16. The predicted molar refractivity (Wildman–Crippen MR) is 75.2 cm³/mol. The molecule has 0 aromatic heterocycles. The van der Waals surface area contributed by atoms with Gasteiger partial charge in [0, 0.05) is 6.61 Å². The van der Waals surface area contributed by atoms with E-state index in [9.17, 15) is 9.59 Å². The van der Waals surface area contributed by atoms with Crippen molar-refractivity contribution in [1.29, 1.82) is 5.26 Å². The summed E-state index contributed by atoms with van der Waals surface area (Å²) in [6.07, 6.45) is 0.398. The maximum Gasteiger partial charge on any atom is 0.424 e. The summed E-state index contributed by atoms with van der Waals surface area (Å²) in [4.78, 5) is 24.7. The van der Waals surface area contributed by atoms with E-state index in [2.05, 4.69) is 0 Å². The first-order chi connectivity index (χ1) is 9.62. The first-order valence-electron chi connectivity index (χ1n) is 6.82. The van der Waals surface area contributed by atoms with Crippen molar-refractivity contribution in [2.75, 3.05) is 13.2 Å². The van der Waals surface area contributed by atoms with Crippen LogP contribution in [0.2, 0.25) is 0 Å². The minimum atomic E-state index is -1.16. The van der Waals surface area contributed by atoms with Crippen molar-refractivity contribution in [3.8, 4) is 6.19 Å². The Balaban J connectivity index is 5.11. The molecule has 0 fully saturated rings. The van der Waals surface area contributed by atoms with Crippen LogP contribution in [0, 0.1) is 11.5 Å². The molecule has 0 bridgehead atoms. The third kappa shape index (κ3) is 7.51. The second kappa shape index (κ2) is 8.47. The van der Waals surface area contributed by atoms with Gasteiger partial charge in [-0.15, -0.1) is 0 Å². The summed E-state index contributed by atoms with van der Waals surface area (Å²) in [5.74, 6) is -0.703. The van der Waals surface area contributed by atoms with E-state index in [1.54, 1.807) is 47.7 Å². The van der Waals surface area contributed by atoms with Crippen molar-refractivity contribution in [2.24, 2.45) is 0 Å². The lowest BCUT2D eigenvalue weighted by molar-refractivity contribution is -0.154. The molecule has 0 aliphatic heterocycles. The number of carbonyl (C=O) groups excluding carboxylic acids is 2. The number of hydrogen-bond donors (Lipinski definition) is 0. The fourth-order valence-corrected chi connectivity index (χ4v) is 1.34. The Morgan fingerprint density at radius 1 is 1.29 bits per heavy atom. The number of nitriles is 1. The molecule has 0 spiro atoms. The summed E-state index contributed by atoms with van der Waals surface area (Å²) >= 11 is 0. The highest BCUT2D eigenvalue weighted by atomic mass is 16.6. The van der Waals surface area contributed by atoms with E-state index in [1.807, 2.05) is 0 Å². The van der Waals surface area contributed by atoms with E-state index in [1.165, 1.54) is 0 Å². The fraction of sp³-hybridized carbons (Fsp3) is 0.786. The quantitative estimate of drug-likeness (QED) is 0.424. The number of amides is 1. The molecule has 1 atom stereocenters. The van der Waals surface area contributed by atoms with Gasteiger partial charge in [-0.1, -0.05) is 0 Å². The van der Waals surface area contributed by atoms with E-state index in [0.29, 0.717) is 11.5 Å². The highest BCUT2D eigenvalue weighted by molar-refractivity contribution is 5.82. The van der Waals surface area contributed by atoms with Crippen LogP contribution in [0.3, 0.4) is 0 Å². The molecule has 0 aliphatic carbocycles. The van der Waals surface area contributed by atoms with Gasteiger partial charge < -0.3 is 14.2 Å². The number of hydrogen-bond acceptors (Lipinski definition) is 6. The second-order valence-electron chi connectivity index (χ2n) is 5.61. The zero-order valence-electron chi connectivity index (χ0n) is 13.5. The van der Waals surface area contributed by atoms with Crippen LogP contribution < -0.4 is 0 Å². The Hall–Kier alpha value is -1.81. The van der Waals surface area contributed by atoms with Crippen LogP contribution in [0.25, 0.3) is 0 Å². The zero-order valence-corrected chi connectivity index (χ0v) is 13.5. The second-order valence-corrected chi connectivity index (χ2v) is 5.61. The van der Waals surface area contributed by atoms with Gasteiger partial charge >= 0.3 is 12.1 Å². The van der Waals surface area contributed by atoms with Crippen LogP contribution in [0.1, 0.15) is 41.5 Å². The van der Waals surface area contributed by atoms with Crippen molar-refractivity contribution in [2.45, 2.75) is 59.3 Å². The smallest absolute Gasteiger partial charge is 0.424 e. The first-order valence-corrected chi connectivity index (χ1v) is 6.82. The van der Waals surface area contributed by atoms with Crippen LogP contribution in [0.4, 0.5) is 4.79 Å². The standard InChI is InChI=1S/C14H24N2O5/c1-7-19-8-11(12(17)20-10(2)3)16(9-15)13(18)21-14(4,5)6/h10-11H,7-8H2,1-6H3/t11-/m0/s1. The Labute approximate surface area is 125 Å². The molecule has 1 amide bonds. The minimum Gasteiger partial charge on any atom is -0.461 e. The molecule has 21 heavy (non-hydrogen) atoms. The van der Waals surface area contributed by atoms with Crippen molar-refractivity contribution < 1.29 is 23.8 Å². The monoisotopic (exact) mass is 300 g/mol. The van der Waals surface area contributed by atoms with Crippen molar-refractivity contribution in [1.82, 2.24) is 4.90 Å². The third-order valence-electron chi connectivity index (χ3n) is 2.11. The van der Waals surface area contributed by atoms with E-state index in [0.717, 1.165) is 0 Å². The number of ether oxygens (including phenoxy) is 3. The lowest BCUT2D eigenvalue weighted by atomic mass is 10.2. The summed E-state index contributed by atoms with van der Waals surface area (Å²) < 4.78 is 15.3. The third-order valence-corrected chi connectivity index (χ3v) is 2.11.